The molecule has 0 aliphatic carbocycles. The van der Waals surface area contributed by atoms with Crippen LogP contribution < -0.4 is 11.1 Å². The van der Waals surface area contributed by atoms with Gasteiger partial charge in [-0.2, -0.15) is 11.8 Å². The van der Waals surface area contributed by atoms with Crippen molar-refractivity contribution in [3.05, 3.63) is 29.3 Å². The first-order chi connectivity index (χ1) is 10.6. The fraction of sp³-hybridized carbons (Fsp3) is 0.562. The molecular weight excluding hydrogens is 298 g/mol. The lowest BCUT2D eigenvalue weighted by atomic mass is 10.1. The zero-order chi connectivity index (χ0) is 15.9. The van der Waals surface area contributed by atoms with Crippen LogP contribution in [-0.2, 0) is 16.1 Å². The first-order valence-electron chi connectivity index (χ1n) is 7.55. The molecule has 122 valence electrons. The summed E-state index contributed by atoms with van der Waals surface area (Å²) in [6.45, 7) is 5.49. The Morgan fingerprint density at radius 1 is 1.45 bits per heavy atom. The number of methoxy groups -OCH3 is 1. The Labute approximate surface area is 136 Å². The van der Waals surface area contributed by atoms with E-state index in [0.717, 1.165) is 30.9 Å². The Balaban J connectivity index is 1.95. The van der Waals surface area contributed by atoms with Gasteiger partial charge in [-0.15, -0.1) is 0 Å². The molecule has 0 bridgehead atoms. The molecule has 1 unspecified atom stereocenters. The lowest BCUT2D eigenvalue weighted by Gasteiger charge is -2.26. The molecule has 1 aliphatic rings. The number of hydrogen-bond donors (Lipinski definition) is 2. The van der Waals surface area contributed by atoms with Gasteiger partial charge in [0.25, 0.3) is 0 Å². The maximum atomic E-state index is 11.9. The third-order valence-electron chi connectivity index (χ3n) is 3.74. The minimum absolute atomic E-state index is 0.217. The lowest BCUT2D eigenvalue weighted by Crippen LogP contribution is -2.39. The number of benzene rings is 1. The van der Waals surface area contributed by atoms with Gasteiger partial charge in [0.2, 0.25) is 5.91 Å². The Morgan fingerprint density at radius 3 is 2.82 bits per heavy atom. The predicted molar refractivity (Wildman–Crippen MR) is 92.3 cm³/mol. The Morgan fingerprint density at radius 2 is 2.18 bits per heavy atom. The van der Waals surface area contributed by atoms with Crippen LogP contribution in [0.4, 0.5) is 5.69 Å². The van der Waals surface area contributed by atoms with E-state index < -0.39 is 6.04 Å². The number of nitrogens with two attached hydrogens (primary N) is 1. The number of aryl methyl sites for hydroxylation is 1. The van der Waals surface area contributed by atoms with Crippen molar-refractivity contribution in [2.45, 2.75) is 19.5 Å². The van der Waals surface area contributed by atoms with Gasteiger partial charge < -0.3 is 15.8 Å². The summed E-state index contributed by atoms with van der Waals surface area (Å²) in [5.74, 6) is 2.21. The summed E-state index contributed by atoms with van der Waals surface area (Å²) in [6.07, 6.45) is 0. The summed E-state index contributed by atoms with van der Waals surface area (Å²) in [6, 6.07) is 5.53. The average molecular weight is 323 g/mol. The second-order valence-corrected chi connectivity index (χ2v) is 6.81. The van der Waals surface area contributed by atoms with Crippen molar-refractivity contribution >= 4 is 23.4 Å². The normalized spacial score (nSPS) is 17.2. The highest BCUT2D eigenvalue weighted by atomic mass is 32.2. The van der Waals surface area contributed by atoms with Gasteiger partial charge in [0.1, 0.15) is 6.04 Å². The lowest BCUT2D eigenvalue weighted by molar-refractivity contribution is -0.118. The Kier molecular flexibility index (Phi) is 6.70. The van der Waals surface area contributed by atoms with Crippen LogP contribution in [0.5, 0.6) is 0 Å². The van der Waals surface area contributed by atoms with Crippen LogP contribution in [0, 0.1) is 6.92 Å². The molecule has 1 aliphatic heterocycles. The molecule has 2 rings (SSSR count). The largest absolute Gasteiger partial charge is 0.383 e. The number of amides is 1. The van der Waals surface area contributed by atoms with Crippen LogP contribution in [-0.4, -0.2) is 55.2 Å². The molecule has 1 heterocycles. The third-order valence-corrected chi connectivity index (χ3v) is 4.68. The van der Waals surface area contributed by atoms with Crippen LogP contribution in [0.15, 0.2) is 18.2 Å². The van der Waals surface area contributed by atoms with Crippen LogP contribution in [0.2, 0.25) is 0 Å². The molecule has 1 fully saturated rings. The second kappa shape index (κ2) is 8.53. The van der Waals surface area contributed by atoms with Crippen molar-refractivity contribution < 1.29 is 9.53 Å². The fourth-order valence-electron chi connectivity index (χ4n) is 2.46. The van der Waals surface area contributed by atoms with Gasteiger partial charge in [-0.1, -0.05) is 12.1 Å². The maximum Gasteiger partial charge on any atom is 0.243 e. The number of rotatable bonds is 6. The van der Waals surface area contributed by atoms with E-state index in [-0.39, 0.29) is 12.5 Å². The number of carbonyl (C=O) groups excluding carboxylic acids is 1. The number of hydrogen-bond acceptors (Lipinski definition) is 5. The standard InChI is InChI=1S/C16H25N3O2S/c1-12-9-13(10-19-5-7-22-8-6-19)3-4-15(12)18-16(20)14(17)11-21-2/h3-4,9,14H,5-8,10-11,17H2,1-2H3,(H,18,20). The number of carbonyl (C=O) groups is 1. The predicted octanol–water partition coefficient (Wildman–Crippen LogP) is 1.46. The maximum absolute atomic E-state index is 11.9. The molecule has 1 atom stereocenters. The van der Waals surface area contributed by atoms with Crippen LogP contribution in [0.25, 0.3) is 0 Å². The summed E-state index contributed by atoms with van der Waals surface area (Å²) in [5.41, 5.74) is 8.89. The van der Waals surface area contributed by atoms with Crippen LogP contribution >= 0.6 is 11.8 Å². The first kappa shape index (κ1) is 17.3. The van der Waals surface area contributed by atoms with E-state index in [2.05, 4.69) is 22.3 Å². The molecule has 0 saturated carbocycles. The first-order valence-corrected chi connectivity index (χ1v) is 8.70. The average Bonchev–Trinajstić information content (AvgIpc) is 2.51. The molecule has 1 amide bonds. The monoisotopic (exact) mass is 323 g/mol. The van der Waals surface area contributed by atoms with E-state index in [9.17, 15) is 4.79 Å². The molecule has 5 nitrogen and oxygen atoms in total. The van der Waals surface area contributed by atoms with Gasteiger partial charge in [-0.05, 0) is 24.1 Å². The summed E-state index contributed by atoms with van der Waals surface area (Å²) in [4.78, 5) is 14.4. The topological polar surface area (TPSA) is 67.6 Å². The highest BCUT2D eigenvalue weighted by Crippen LogP contribution is 2.19. The van der Waals surface area contributed by atoms with Gasteiger partial charge in [-0.3, -0.25) is 9.69 Å². The van der Waals surface area contributed by atoms with Crippen LogP contribution in [0.3, 0.4) is 0 Å². The summed E-state index contributed by atoms with van der Waals surface area (Å²) < 4.78 is 4.90. The van der Waals surface area contributed by atoms with E-state index in [0.29, 0.717) is 0 Å². The van der Waals surface area contributed by atoms with Crippen molar-refractivity contribution in [2.75, 3.05) is 43.6 Å². The third kappa shape index (κ3) is 4.98. The summed E-state index contributed by atoms with van der Waals surface area (Å²) in [7, 11) is 1.53. The van der Waals surface area contributed by atoms with Gasteiger partial charge in [0.15, 0.2) is 0 Å². The Bertz CT molecular complexity index is 504. The number of thioether (sulfide) groups is 1. The van der Waals surface area contributed by atoms with Gasteiger partial charge in [0, 0.05) is 43.9 Å². The molecule has 0 aromatic heterocycles. The second-order valence-electron chi connectivity index (χ2n) is 5.59. The minimum Gasteiger partial charge on any atom is -0.383 e. The quantitative estimate of drug-likeness (QED) is 0.829. The number of nitrogens with one attached hydrogen (secondary N) is 1. The molecule has 3 N–H and O–H groups in total. The zero-order valence-electron chi connectivity index (χ0n) is 13.3. The van der Waals surface area contributed by atoms with Crippen LogP contribution in [0.1, 0.15) is 11.1 Å². The minimum atomic E-state index is -0.644. The van der Waals surface area contributed by atoms with E-state index in [4.69, 9.17) is 10.5 Å². The van der Waals surface area contributed by atoms with Gasteiger partial charge >= 0.3 is 0 Å². The van der Waals surface area contributed by atoms with E-state index in [1.54, 1.807) is 0 Å². The van der Waals surface area contributed by atoms with E-state index >= 15 is 0 Å². The highest BCUT2D eigenvalue weighted by molar-refractivity contribution is 7.99. The molecule has 1 saturated heterocycles. The number of ether oxygens (including phenoxy) is 1. The molecule has 6 heteroatoms. The Hall–Kier alpha value is -1.08. The number of nitrogens with zero attached hydrogens (tertiary/aromatic N) is 1. The van der Waals surface area contributed by atoms with Crippen molar-refractivity contribution in [1.82, 2.24) is 4.90 Å². The van der Waals surface area contributed by atoms with Crippen molar-refractivity contribution in [1.29, 1.82) is 0 Å². The van der Waals surface area contributed by atoms with E-state index in [1.807, 2.05) is 24.8 Å². The van der Waals surface area contributed by atoms with Crippen molar-refractivity contribution in [3.8, 4) is 0 Å². The molecule has 0 radical (unpaired) electrons. The molecule has 22 heavy (non-hydrogen) atoms. The number of anilines is 1. The van der Waals surface area contributed by atoms with Crippen molar-refractivity contribution in [2.24, 2.45) is 5.73 Å². The van der Waals surface area contributed by atoms with Crippen molar-refractivity contribution in [3.63, 3.8) is 0 Å². The van der Waals surface area contributed by atoms with E-state index in [1.165, 1.54) is 24.2 Å². The fourth-order valence-corrected chi connectivity index (χ4v) is 3.44. The van der Waals surface area contributed by atoms with Gasteiger partial charge in [0.05, 0.1) is 6.61 Å². The van der Waals surface area contributed by atoms with Gasteiger partial charge in [-0.25, -0.2) is 0 Å². The summed E-state index contributed by atoms with van der Waals surface area (Å²) in [5, 5.41) is 2.86. The molecular formula is C16H25N3O2S. The molecule has 1 aromatic carbocycles. The SMILES string of the molecule is COCC(N)C(=O)Nc1ccc(CN2CCSCC2)cc1C. The molecule has 0 spiro atoms. The molecule has 1 aromatic rings. The summed E-state index contributed by atoms with van der Waals surface area (Å²) >= 11 is 2.02. The smallest absolute Gasteiger partial charge is 0.243 e. The highest BCUT2D eigenvalue weighted by Gasteiger charge is 2.15. The zero-order valence-corrected chi connectivity index (χ0v) is 14.1.